The van der Waals surface area contributed by atoms with Crippen molar-refractivity contribution in [2.24, 2.45) is 11.8 Å². The van der Waals surface area contributed by atoms with E-state index in [1.807, 2.05) is 12.1 Å². The smallest absolute Gasteiger partial charge is 0.161 e. The molecule has 0 unspecified atom stereocenters. The Morgan fingerprint density at radius 2 is 2.09 bits per heavy atom. The fourth-order valence-corrected chi connectivity index (χ4v) is 3.88. The Kier molecular flexibility index (Phi) is 2.88. The standard InChI is InChI=1S/C19H29NO3/c1-12(2)7-14-11-20-6-5-13-8-18(22-3)19(23-4)9-15(13)16(20)10-17(14)21/h8-9,12,14,16-17,21H,5-7,10-11H2,1-4H3/t14-,16-,17+/m0/s1/i1D3,2D3,12D. The molecule has 1 aromatic carbocycles. The van der Waals surface area contributed by atoms with Crippen molar-refractivity contribution in [2.45, 2.75) is 45.1 Å². The van der Waals surface area contributed by atoms with Gasteiger partial charge < -0.3 is 14.6 Å². The molecule has 3 rings (SSSR count). The molecule has 23 heavy (non-hydrogen) atoms. The van der Waals surface area contributed by atoms with Gasteiger partial charge in [0, 0.05) is 28.7 Å². The monoisotopic (exact) mass is 326 g/mol. The zero-order valence-electron chi connectivity index (χ0n) is 20.6. The Morgan fingerprint density at radius 3 is 2.78 bits per heavy atom. The zero-order chi connectivity index (χ0) is 22.5. The van der Waals surface area contributed by atoms with E-state index >= 15 is 0 Å². The molecule has 1 N–H and O–H groups in total. The van der Waals surface area contributed by atoms with E-state index in [1.165, 1.54) is 0 Å². The average Bonchev–Trinajstić information content (AvgIpc) is 2.65. The molecule has 0 bridgehead atoms. The van der Waals surface area contributed by atoms with E-state index in [9.17, 15) is 5.11 Å². The van der Waals surface area contributed by atoms with E-state index in [0.29, 0.717) is 31.0 Å². The van der Waals surface area contributed by atoms with Gasteiger partial charge in [-0.15, -0.1) is 0 Å². The molecule has 0 saturated carbocycles. The number of aliphatic hydroxyl groups excluding tert-OH is 1. The van der Waals surface area contributed by atoms with Crippen molar-refractivity contribution in [3.63, 3.8) is 0 Å². The van der Waals surface area contributed by atoms with Crippen LogP contribution in [0.1, 0.15) is 53.3 Å². The molecule has 3 atom stereocenters. The maximum atomic E-state index is 10.8. The van der Waals surface area contributed by atoms with Crippen LogP contribution in [0.5, 0.6) is 11.5 Å². The van der Waals surface area contributed by atoms with Gasteiger partial charge in [-0.25, -0.2) is 0 Å². The lowest BCUT2D eigenvalue weighted by Gasteiger charge is -2.46. The number of piperidine rings is 1. The van der Waals surface area contributed by atoms with Gasteiger partial charge in [0.15, 0.2) is 11.5 Å². The van der Waals surface area contributed by atoms with Crippen LogP contribution in [0.2, 0.25) is 0 Å². The van der Waals surface area contributed by atoms with Crippen molar-refractivity contribution < 1.29 is 24.2 Å². The summed E-state index contributed by atoms with van der Waals surface area (Å²) in [6.45, 7) is -4.92. The van der Waals surface area contributed by atoms with Crippen molar-refractivity contribution in [2.75, 3.05) is 27.3 Å². The van der Waals surface area contributed by atoms with Crippen LogP contribution in [0.4, 0.5) is 0 Å². The Labute approximate surface area is 149 Å². The number of methoxy groups -OCH3 is 2. The summed E-state index contributed by atoms with van der Waals surface area (Å²) in [4.78, 5) is 2.14. The Morgan fingerprint density at radius 1 is 1.35 bits per heavy atom. The first-order chi connectivity index (χ1) is 13.8. The van der Waals surface area contributed by atoms with Gasteiger partial charge in [-0.1, -0.05) is 13.7 Å². The quantitative estimate of drug-likeness (QED) is 0.923. The van der Waals surface area contributed by atoms with Crippen LogP contribution in [0.15, 0.2) is 12.1 Å². The molecule has 2 heterocycles. The van der Waals surface area contributed by atoms with Crippen LogP contribution >= 0.6 is 0 Å². The molecular formula is C19H29NO3. The van der Waals surface area contributed by atoms with E-state index in [4.69, 9.17) is 19.1 Å². The van der Waals surface area contributed by atoms with Gasteiger partial charge in [0.25, 0.3) is 0 Å². The number of benzene rings is 1. The minimum atomic E-state index is -2.98. The number of fused-ring (bicyclic) bond motifs is 3. The lowest BCUT2D eigenvalue weighted by atomic mass is 9.79. The van der Waals surface area contributed by atoms with Gasteiger partial charge >= 0.3 is 0 Å². The second-order valence-corrected chi connectivity index (χ2v) is 6.41. The molecule has 2 aliphatic heterocycles. The predicted molar refractivity (Wildman–Crippen MR) is 91.1 cm³/mol. The van der Waals surface area contributed by atoms with Crippen molar-refractivity contribution in [3.05, 3.63) is 23.3 Å². The average molecular weight is 326 g/mol. The van der Waals surface area contributed by atoms with Gasteiger partial charge in [-0.2, -0.15) is 0 Å². The van der Waals surface area contributed by atoms with Gasteiger partial charge in [0.05, 0.1) is 20.3 Å². The largest absolute Gasteiger partial charge is 0.493 e. The number of aliphatic hydroxyl groups is 1. The zero-order valence-corrected chi connectivity index (χ0v) is 13.6. The predicted octanol–water partition coefficient (Wildman–Crippen LogP) is 3.03. The molecule has 2 aliphatic rings. The van der Waals surface area contributed by atoms with E-state index in [1.54, 1.807) is 14.2 Å². The minimum absolute atomic E-state index is 0.0829. The van der Waals surface area contributed by atoms with Gasteiger partial charge in [0.2, 0.25) is 0 Å². The molecule has 0 spiro atoms. The van der Waals surface area contributed by atoms with Crippen LogP contribution in [0, 0.1) is 11.8 Å². The summed E-state index contributed by atoms with van der Waals surface area (Å²) in [5.74, 6) is -1.98. The van der Waals surface area contributed by atoms with E-state index in [2.05, 4.69) is 4.90 Å². The number of hydrogen-bond acceptors (Lipinski definition) is 4. The summed E-state index contributed by atoms with van der Waals surface area (Å²) < 4.78 is 65.0. The maximum absolute atomic E-state index is 10.8. The second-order valence-electron chi connectivity index (χ2n) is 6.41. The third-order valence-electron chi connectivity index (χ3n) is 5.06. The summed E-state index contributed by atoms with van der Waals surface area (Å²) in [7, 11) is 3.14. The lowest BCUT2D eigenvalue weighted by Crippen LogP contribution is -2.48. The highest BCUT2D eigenvalue weighted by atomic mass is 16.5. The van der Waals surface area contributed by atoms with Crippen LogP contribution in [-0.4, -0.2) is 43.4 Å². The third kappa shape index (κ3) is 3.20. The number of nitrogens with zero attached hydrogens (tertiary/aromatic N) is 1. The van der Waals surface area contributed by atoms with Gasteiger partial charge in [-0.3, -0.25) is 4.90 Å². The SMILES string of the molecule is [2H]C([2H])([2H])C([2H])(C[C@H]1CN2CCc3cc(OC)c(OC)cc3[C@@H]2C[C@H]1O)C([2H])([2H])[2H]. The summed E-state index contributed by atoms with van der Waals surface area (Å²) in [6, 6.07) is 3.78. The molecule has 0 aliphatic carbocycles. The topological polar surface area (TPSA) is 41.9 Å². The molecule has 1 aromatic rings. The molecule has 1 saturated heterocycles. The molecule has 0 amide bonds. The van der Waals surface area contributed by atoms with Crippen LogP contribution in [0.3, 0.4) is 0 Å². The highest BCUT2D eigenvalue weighted by Gasteiger charge is 2.38. The van der Waals surface area contributed by atoms with E-state index in [-0.39, 0.29) is 6.04 Å². The van der Waals surface area contributed by atoms with Crippen molar-refractivity contribution in [3.8, 4) is 11.5 Å². The fraction of sp³-hybridized carbons (Fsp3) is 0.684. The van der Waals surface area contributed by atoms with E-state index < -0.39 is 38.0 Å². The molecule has 4 nitrogen and oxygen atoms in total. The summed E-state index contributed by atoms with van der Waals surface area (Å²) in [5, 5.41) is 10.8. The Balaban J connectivity index is 1.86. The second kappa shape index (κ2) is 6.70. The number of hydrogen-bond donors (Lipinski definition) is 1. The normalized spacial score (nSPS) is 33.5. The Hall–Kier alpha value is -1.26. The van der Waals surface area contributed by atoms with E-state index in [0.717, 1.165) is 17.5 Å². The van der Waals surface area contributed by atoms with Crippen LogP contribution in [0.25, 0.3) is 0 Å². The van der Waals surface area contributed by atoms with Crippen molar-refractivity contribution >= 4 is 0 Å². The molecular weight excluding hydrogens is 290 g/mol. The van der Waals surface area contributed by atoms with Gasteiger partial charge in [0.1, 0.15) is 0 Å². The van der Waals surface area contributed by atoms with Gasteiger partial charge in [-0.05, 0) is 54.3 Å². The van der Waals surface area contributed by atoms with Crippen molar-refractivity contribution in [1.82, 2.24) is 4.90 Å². The molecule has 128 valence electrons. The van der Waals surface area contributed by atoms with Crippen molar-refractivity contribution in [1.29, 1.82) is 0 Å². The summed E-state index contributed by atoms with van der Waals surface area (Å²) in [6.07, 6.45) is -0.228. The highest BCUT2D eigenvalue weighted by Crippen LogP contribution is 2.43. The van der Waals surface area contributed by atoms with Crippen LogP contribution < -0.4 is 9.47 Å². The third-order valence-corrected chi connectivity index (χ3v) is 5.06. The Bertz CT molecular complexity index is 767. The first-order valence-electron chi connectivity index (χ1n) is 11.5. The summed E-state index contributed by atoms with van der Waals surface area (Å²) in [5.41, 5.74) is 2.14. The van der Waals surface area contributed by atoms with Crippen LogP contribution in [-0.2, 0) is 6.42 Å². The number of rotatable bonds is 4. The summed E-state index contributed by atoms with van der Waals surface area (Å²) >= 11 is 0. The highest BCUT2D eigenvalue weighted by molar-refractivity contribution is 5.49. The molecule has 4 heteroatoms. The first-order valence-corrected chi connectivity index (χ1v) is 7.99. The molecule has 0 radical (unpaired) electrons. The number of ether oxygens (including phenoxy) is 2. The fourth-order valence-electron chi connectivity index (χ4n) is 3.88. The maximum Gasteiger partial charge on any atom is 0.161 e. The first kappa shape index (κ1) is 9.90. The lowest BCUT2D eigenvalue weighted by molar-refractivity contribution is -0.0191. The molecule has 1 fully saturated rings. The minimum Gasteiger partial charge on any atom is -0.493 e. The molecule has 0 aromatic heterocycles.